The smallest absolute Gasteiger partial charge is 0.338 e. The number of unbranched alkanes of at least 4 members (excludes halogenated alkanes) is 1. The Bertz CT molecular complexity index is 225. The summed E-state index contributed by atoms with van der Waals surface area (Å²) in [6.07, 6.45) is 1.07. The second-order valence-corrected chi connectivity index (χ2v) is 4.28. The van der Waals surface area contributed by atoms with E-state index in [0.717, 1.165) is 12.8 Å². The molecule has 15 heavy (non-hydrogen) atoms. The third-order valence-electron chi connectivity index (χ3n) is 2.28. The molecule has 1 rings (SSSR count). The summed E-state index contributed by atoms with van der Waals surface area (Å²) in [5.74, 6) is -1.00. The maximum absolute atomic E-state index is 11.6. The summed E-state index contributed by atoms with van der Waals surface area (Å²) in [4.78, 5) is 11.6. The van der Waals surface area contributed by atoms with Gasteiger partial charge in [0.1, 0.15) is 0 Å². The van der Waals surface area contributed by atoms with Gasteiger partial charge in [-0.05, 0) is 27.2 Å². The van der Waals surface area contributed by atoms with Crippen LogP contribution in [0.4, 0.5) is 0 Å². The minimum absolute atomic E-state index is 0.242. The van der Waals surface area contributed by atoms with Crippen LogP contribution in [0.15, 0.2) is 0 Å². The molecule has 0 aliphatic carbocycles. The molecule has 0 unspecified atom stereocenters. The molecule has 4 nitrogen and oxygen atoms in total. The van der Waals surface area contributed by atoms with Crippen molar-refractivity contribution in [2.24, 2.45) is 0 Å². The van der Waals surface area contributed by atoms with Crippen LogP contribution in [0.25, 0.3) is 0 Å². The second-order valence-electron chi connectivity index (χ2n) is 4.28. The van der Waals surface area contributed by atoms with E-state index in [1.54, 1.807) is 13.8 Å². The van der Waals surface area contributed by atoms with E-state index in [0.29, 0.717) is 6.61 Å². The van der Waals surface area contributed by atoms with Gasteiger partial charge in [0.15, 0.2) is 11.9 Å². The summed E-state index contributed by atoms with van der Waals surface area (Å²) in [7, 11) is 0. The van der Waals surface area contributed by atoms with Crippen LogP contribution in [0.1, 0.15) is 40.5 Å². The van der Waals surface area contributed by atoms with Gasteiger partial charge in [-0.15, -0.1) is 0 Å². The normalized spacial score (nSPS) is 29.1. The second kappa shape index (κ2) is 4.94. The third-order valence-corrected chi connectivity index (χ3v) is 2.28. The highest BCUT2D eigenvalue weighted by Crippen LogP contribution is 2.28. The molecule has 0 saturated carbocycles. The van der Waals surface area contributed by atoms with Crippen LogP contribution in [0.3, 0.4) is 0 Å². The maximum atomic E-state index is 11.6. The molecule has 0 aromatic rings. The molecule has 1 fully saturated rings. The lowest BCUT2D eigenvalue weighted by molar-refractivity contribution is -0.170. The predicted molar refractivity (Wildman–Crippen MR) is 55.4 cm³/mol. The monoisotopic (exact) mass is 216 g/mol. The number of carbonyl (C=O) groups excluding carboxylic acids is 1. The Balaban J connectivity index is 2.40. The Morgan fingerprint density at radius 3 is 2.53 bits per heavy atom. The number of hydrogen-bond donors (Lipinski definition) is 0. The number of ether oxygens (including phenoxy) is 3. The molecule has 0 spiro atoms. The molecule has 1 aliphatic rings. The van der Waals surface area contributed by atoms with Gasteiger partial charge in [-0.2, -0.15) is 0 Å². The maximum Gasteiger partial charge on any atom is 0.338 e. The Morgan fingerprint density at radius 1 is 1.40 bits per heavy atom. The molecule has 0 bridgehead atoms. The molecule has 0 radical (unpaired) electrons. The van der Waals surface area contributed by atoms with E-state index in [4.69, 9.17) is 14.2 Å². The summed E-state index contributed by atoms with van der Waals surface area (Å²) in [5.41, 5.74) is 0. The molecular formula is C11H20O4. The quantitative estimate of drug-likeness (QED) is 0.531. The van der Waals surface area contributed by atoms with Gasteiger partial charge in [0.2, 0.25) is 0 Å². The fourth-order valence-electron chi connectivity index (χ4n) is 1.58. The predicted octanol–water partition coefficient (Wildman–Crippen LogP) is 1.87. The van der Waals surface area contributed by atoms with E-state index in [-0.39, 0.29) is 12.1 Å². The van der Waals surface area contributed by atoms with E-state index in [1.807, 2.05) is 6.92 Å². The highest BCUT2D eigenvalue weighted by Gasteiger charge is 2.43. The summed E-state index contributed by atoms with van der Waals surface area (Å²) < 4.78 is 16.0. The van der Waals surface area contributed by atoms with Crippen molar-refractivity contribution in [1.29, 1.82) is 0 Å². The van der Waals surface area contributed by atoms with Gasteiger partial charge < -0.3 is 14.2 Å². The standard InChI is InChI=1S/C11H20O4/c1-5-6-7-13-10(12)9-8(2)14-11(3,4)15-9/h8-9H,5-7H2,1-4H3/t8-,9+/m0/s1. The van der Waals surface area contributed by atoms with E-state index >= 15 is 0 Å². The summed E-state index contributed by atoms with van der Waals surface area (Å²) in [6, 6.07) is 0. The lowest BCUT2D eigenvalue weighted by Gasteiger charge is -2.16. The van der Waals surface area contributed by atoms with Crippen LogP contribution in [-0.4, -0.2) is 30.6 Å². The van der Waals surface area contributed by atoms with Gasteiger partial charge in [0.05, 0.1) is 12.7 Å². The minimum Gasteiger partial charge on any atom is -0.464 e. The number of rotatable bonds is 4. The van der Waals surface area contributed by atoms with E-state index in [1.165, 1.54) is 0 Å². The zero-order valence-corrected chi connectivity index (χ0v) is 9.91. The lowest BCUT2D eigenvalue weighted by atomic mass is 10.2. The molecule has 2 atom stereocenters. The molecule has 0 aromatic carbocycles. The average molecular weight is 216 g/mol. The van der Waals surface area contributed by atoms with Gasteiger partial charge in [-0.3, -0.25) is 0 Å². The molecule has 0 N–H and O–H groups in total. The highest BCUT2D eigenvalue weighted by atomic mass is 16.8. The molecule has 88 valence electrons. The molecule has 1 heterocycles. The van der Waals surface area contributed by atoms with Crippen LogP contribution >= 0.6 is 0 Å². The van der Waals surface area contributed by atoms with Crippen molar-refractivity contribution in [2.45, 2.75) is 58.5 Å². The van der Waals surface area contributed by atoms with E-state index in [9.17, 15) is 4.79 Å². The fraction of sp³-hybridized carbons (Fsp3) is 0.909. The van der Waals surface area contributed by atoms with Crippen molar-refractivity contribution in [3.05, 3.63) is 0 Å². The average Bonchev–Trinajstić information content (AvgIpc) is 2.40. The lowest BCUT2D eigenvalue weighted by Crippen LogP contribution is -2.32. The summed E-state index contributed by atoms with van der Waals surface area (Å²) in [5, 5.41) is 0. The Hall–Kier alpha value is -0.610. The zero-order valence-electron chi connectivity index (χ0n) is 9.91. The molecule has 1 saturated heterocycles. The van der Waals surface area contributed by atoms with Crippen molar-refractivity contribution in [3.63, 3.8) is 0 Å². The van der Waals surface area contributed by atoms with Crippen molar-refractivity contribution in [2.75, 3.05) is 6.61 Å². The molecule has 0 aromatic heterocycles. The first-order valence-electron chi connectivity index (χ1n) is 5.48. The molecule has 0 amide bonds. The van der Waals surface area contributed by atoms with Gasteiger partial charge >= 0.3 is 5.97 Å². The Morgan fingerprint density at radius 2 is 2.07 bits per heavy atom. The van der Waals surface area contributed by atoms with Crippen LogP contribution in [-0.2, 0) is 19.0 Å². The van der Waals surface area contributed by atoms with E-state index < -0.39 is 11.9 Å². The minimum atomic E-state index is -0.687. The van der Waals surface area contributed by atoms with Gasteiger partial charge in [0, 0.05) is 0 Å². The Kier molecular flexibility index (Phi) is 4.11. The van der Waals surface area contributed by atoms with Crippen LogP contribution < -0.4 is 0 Å². The summed E-state index contributed by atoms with van der Waals surface area (Å²) >= 11 is 0. The fourth-order valence-corrected chi connectivity index (χ4v) is 1.58. The molecule has 4 heteroatoms. The van der Waals surface area contributed by atoms with Gasteiger partial charge in [0.25, 0.3) is 0 Å². The third kappa shape index (κ3) is 3.47. The molecule has 1 aliphatic heterocycles. The first kappa shape index (κ1) is 12.5. The first-order chi connectivity index (χ1) is 6.96. The van der Waals surface area contributed by atoms with E-state index in [2.05, 4.69) is 6.92 Å². The van der Waals surface area contributed by atoms with Crippen LogP contribution in [0.5, 0.6) is 0 Å². The van der Waals surface area contributed by atoms with Gasteiger partial charge in [-0.25, -0.2) is 4.79 Å². The summed E-state index contributed by atoms with van der Waals surface area (Å²) in [6.45, 7) is 7.92. The van der Waals surface area contributed by atoms with Crippen molar-refractivity contribution >= 4 is 5.97 Å². The van der Waals surface area contributed by atoms with Crippen molar-refractivity contribution in [3.8, 4) is 0 Å². The topological polar surface area (TPSA) is 44.8 Å². The number of esters is 1. The SMILES string of the molecule is CCCCOC(=O)[C@@H]1OC(C)(C)O[C@H]1C. The largest absolute Gasteiger partial charge is 0.464 e. The zero-order chi connectivity index (χ0) is 11.5. The van der Waals surface area contributed by atoms with Crippen molar-refractivity contribution in [1.82, 2.24) is 0 Å². The van der Waals surface area contributed by atoms with Crippen molar-refractivity contribution < 1.29 is 19.0 Å². The first-order valence-corrected chi connectivity index (χ1v) is 5.48. The van der Waals surface area contributed by atoms with Gasteiger partial charge in [-0.1, -0.05) is 13.3 Å². The Labute approximate surface area is 90.9 Å². The molecular weight excluding hydrogens is 196 g/mol. The number of carbonyl (C=O) groups is 1. The number of hydrogen-bond acceptors (Lipinski definition) is 4. The van der Waals surface area contributed by atoms with Crippen LogP contribution in [0.2, 0.25) is 0 Å². The van der Waals surface area contributed by atoms with Crippen LogP contribution in [0, 0.1) is 0 Å². The highest BCUT2D eigenvalue weighted by molar-refractivity contribution is 5.75.